The van der Waals surface area contributed by atoms with E-state index in [1.807, 2.05) is 0 Å². The Morgan fingerprint density at radius 3 is 2.88 bits per heavy atom. The Morgan fingerprint density at radius 2 is 2.06 bits per heavy atom. The lowest BCUT2D eigenvalue weighted by Gasteiger charge is -2.02. The molecular weight excluding hydrogens is 214 g/mol. The molecule has 0 aliphatic heterocycles. The average Bonchev–Trinajstić information content (AvgIpc) is 2.39. The molecule has 4 heteroatoms. The highest BCUT2D eigenvalue weighted by molar-refractivity contribution is 6.05. The van der Waals surface area contributed by atoms with Gasteiger partial charge in [-0.15, -0.1) is 0 Å². The maximum absolute atomic E-state index is 11.8. The third-order valence-corrected chi connectivity index (χ3v) is 2.75. The third-order valence-electron chi connectivity index (χ3n) is 2.75. The summed E-state index contributed by atoms with van der Waals surface area (Å²) in [6.07, 6.45) is 3.23. The Hall–Kier alpha value is -2.67. The summed E-state index contributed by atoms with van der Waals surface area (Å²) in [4.78, 5) is 18.6. The summed E-state index contributed by atoms with van der Waals surface area (Å²) in [5, 5.41) is 11.1. The summed E-state index contributed by atoms with van der Waals surface area (Å²) in [7, 11) is 0. The van der Waals surface area contributed by atoms with Gasteiger partial charge in [0.15, 0.2) is 0 Å². The number of hydrogen-bond donors (Lipinski definition) is 1. The summed E-state index contributed by atoms with van der Waals surface area (Å²) in [5.74, 6) is 0. The van der Waals surface area contributed by atoms with Crippen molar-refractivity contribution in [1.29, 1.82) is 5.26 Å². The van der Waals surface area contributed by atoms with E-state index in [4.69, 9.17) is 5.26 Å². The smallest absolute Gasteiger partial charge is 0.256 e. The van der Waals surface area contributed by atoms with Crippen LogP contribution in [-0.2, 0) is 0 Å². The van der Waals surface area contributed by atoms with Crippen molar-refractivity contribution < 1.29 is 0 Å². The molecule has 3 rings (SSSR count). The van der Waals surface area contributed by atoms with Crippen molar-refractivity contribution >= 4 is 21.7 Å². The summed E-state index contributed by atoms with van der Waals surface area (Å²) in [6, 6.07) is 8.94. The minimum atomic E-state index is -0.139. The average molecular weight is 221 g/mol. The fourth-order valence-corrected chi connectivity index (χ4v) is 1.94. The van der Waals surface area contributed by atoms with Gasteiger partial charge in [0.2, 0.25) is 0 Å². The number of hydrogen-bond acceptors (Lipinski definition) is 3. The molecule has 4 nitrogen and oxygen atoms in total. The zero-order chi connectivity index (χ0) is 11.8. The van der Waals surface area contributed by atoms with E-state index in [0.717, 1.165) is 16.3 Å². The molecular formula is C13H7N3O. The number of pyridine rings is 2. The van der Waals surface area contributed by atoms with Crippen molar-refractivity contribution in [3.05, 3.63) is 52.6 Å². The molecule has 0 aliphatic rings. The molecule has 1 N–H and O–H groups in total. The number of rotatable bonds is 0. The van der Waals surface area contributed by atoms with Crippen molar-refractivity contribution in [2.45, 2.75) is 0 Å². The molecule has 0 atom stereocenters. The summed E-state index contributed by atoms with van der Waals surface area (Å²) < 4.78 is 0. The molecule has 0 radical (unpaired) electrons. The second-order valence-electron chi connectivity index (χ2n) is 3.75. The number of aromatic nitrogens is 2. The zero-order valence-electron chi connectivity index (χ0n) is 8.77. The van der Waals surface area contributed by atoms with Crippen molar-refractivity contribution in [3.8, 4) is 6.07 Å². The lowest BCUT2D eigenvalue weighted by atomic mass is 10.1. The molecule has 17 heavy (non-hydrogen) atoms. The van der Waals surface area contributed by atoms with Crippen LogP contribution in [0.1, 0.15) is 5.56 Å². The van der Waals surface area contributed by atoms with Crippen LogP contribution in [0, 0.1) is 11.3 Å². The maximum atomic E-state index is 11.8. The van der Waals surface area contributed by atoms with Gasteiger partial charge < -0.3 is 4.98 Å². The largest absolute Gasteiger partial charge is 0.321 e. The van der Waals surface area contributed by atoms with Crippen LogP contribution in [0.5, 0.6) is 0 Å². The van der Waals surface area contributed by atoms with Gasteiger partial charge in [0.1, 0.15) is 0 Å². The summed E-state index contributed by atoms with van der Waals surface area (Å²) >= 11 is 0. The second-order valence-corrected chi connectivity index (χ2v) is 3.75. The summed E-state index contributed by atoms with van der Waals surface area (Å²) in [6.45, 7) is 0. The number of nitriles is 1. The van der Waals surface area contributed by atoms with Crippen molar-refractivity contribution in [2.24, 2.45) is 0 Å². The van der Waals surface area contributed by atoms with E-state index < -0.39 is 0 Å². The quantitative estimate of drug-likeness (QED) is 0.590. The molecule has 2 aromatic heterocycles. The summed E-state index contributed by atoms with van der Waals surface area (Å²) in [5.41, 5.74) is 1.14. The van der Waals surface area contributed by atoms with E-state index in [-0.39, 0.29) is 5.56 Å². The minimum absolute atomic E-state index is 0.139. The second kappa shape index (κ2) is 3.42. The van der Waals surface area contributed by atoms with Gasteiger partial charge in [-0.05, 0) is 24.3 Å². The van der Waals surface area contributed by atoms with Crippen LogP contribution < -0.4 is 5.56 Å². The van der Waals surface area contributed by atoms with E-state index >= 15 is 0 Å². The molecule has 0 saturated carbocycles. The Labute approximate surface area is 96.2 Å². The monoisotopic (exact) mass is 221 g/mol. The molecule has 0 fully saturated rings. The van der Waals surface area contributed by atoms with Gasteiger partial charge in [-0.3, -0.25) is 9.78 Å². The molecule has 2 heterocycles. The first-order valence-corrected chi connectivity index (χ1v) is 5.09. The molecule has 0 bridgehead atoms. The first kappa shape index (κ1) is 9.55. The predicted molar refractivity (Wildman–Crippen MR) is 64.6 cm³/mol. The van der Waals surface area contributed by atoms with E-state index in [1.165, 1.54) is 0 Å². The Morgan fingerprint density at radius 1 is 1.18 bits per heavy atom. The van der Waals surface area contributed by atoms with Crippen LogP contribution in [0.25, 0.3) is 21.7 Å². The zero-order valence-corrected chi connectivity index (χ0v) is 8.77. The Balaban J connectivity index is 2.61. The van der Waals surface area contributed by atoms with Crippen LogP contribution in [0.2, 0.25) is 0 Å². The molecule has 0 aliphatic carbocycles. The van der Waals surface area contributed by atoms with Crippen LogP contribution in [0.4, 0.5) is 0 Å². The van der Waals surface area contributed by atoms with Crippen LogP contribution in [-0.4, -0.2) is 9.97 Å². The van der Waals surface area contributed by atoms with Crippen LogP contribution in [0.15, 0.2) is 41.5 Å². The van der Waals surface area contributed by atoms with Gasteiger partial charge in [0.25, 0.3) is 5.56 Å². The molecule has 0 saturated heterocycles. The predicted octanol–water partition coefficient (Wildman–Crippen LogP) is 1.95. The van der Waals surface area contributed by atoms with Crippen molar-refractivity contribution in [3.63, 3.8) is 0 Å². The Bertz CT molecular complexity index is 827. The molecule has 1 aromatic carbocycles. The number of nitrogens with zero attached hydrogens (tertiary/aromatic N) is 2. The first-order valence-electron chi connectivity index (χ1n) is 5.09. The van der Waals surface area contributed by atoms with E-state index in [1.54, 1.807) is 36.7 Å². The van der Waals surface area contributed by atoms with E-state index in [0.29, 0.717) is 10.9 Å². The molecule has 80 valence electrons. The van der Waals surface area contributed by atoms with Crippen LogP contribution >= 0.6 is 0 Å². The standard InChI is InChI=1S/C13H7N3O/c14-6-8-1-2-12-10(5-8)11-7-15-4-3-9(11)13(17)16-12/h1-5,7H,(H,16,17). The highest BCUT2D eigenvalue weighted by Gasteiger charge is 2.05. The van der Waals surface area contributed by atoms with Gasteiger partial charge in [-0.25, -0.2) is 0 Å². The molecule has 3 aromatic rings. The van der Waals surface area contributed by atoms with Gasteiger partial charge in [-0.1, -0.05) is 0 Å². The van der Waals surface area contributed by atoms with Crippen molar-refractivity contribution in [2.75, 3.05) is 0 Å². The number of fused-ring (bicyclic) bond motifs is 3. The Kier molecular flexibility index (Phi) is 1.92. The van der Waals surface area contributed by atoms with E-state index in [2.05, 4.69) is 16.0 Å². The SMILES string of the molecule is N#Cc1ccc2[nH]c(=O)c3ccncc3c2c1. The number of aromatic amines is 1. The normalized spacial score (nSPS) is 10.5. The fourth-order valence-electron chi connectivity index (χ4n) is 1.94. The number of benzene rings is 1. The minimum Gasteiger partial charge on any atom is -0.321 e. The molecule has 0 unspecified atom stereocenters. The van der Waals surface area contributed by atoms with Gasteiger partial charge in [-0.2, -0.15) is 5.26 Å². The topological polar surface area (TPSA) is 69.5 Å². The maximum Gasteiger partial charge on any atom is 0.256 e. The molecule has 0 amide bonds. The third kappa shape index (κ3) is 1.37. The molecule has 0 spiro atoms. The van der Waals surface area contributed by atoms with Gasteiger partial charge >= 0.3 is 0 Å². The number of nitrogens with one attached hydrogen (secondary N) is 1. The van der Waals surface area contributed by atoms with E-state index in [9.17, 15) is 4.79 Å². The number of H-pyrrole nitrogens is 1. The highest BCUT2D eigenvalue weighted by atomic mass is 16.1. The lowest BCUT2D eigenvalue weighted by molar-refractivity contribution is 1.31. The van der Waals surface area contributed by atoms with Crippen molar-refractivity contribution in [1.82, 2.24) is 9.97 Å². The highest BCUT2D eigenvalue weighted by Crippen LogP contribution is 2.20. The fraction of sp³-hybridized carbons (Fsp3) is 0. The lowest BCUT2D eigenvalue weighted by Crippen LogP contribution is -2.06. The van der Waals surface area contributed by atoms with Gasteiger partial charge in [0, 0.05) is 28.7 Å². The van der Waals surface area contributed by atoms with Crippen LogP contribution in [0.3, 0.4) is 0 Å². The first-order chi connectivity index (χ1) is 8.29. The van der Waals surface area contributed by atoms with Gasteiger partial charge in [0.05, 0.1) is 17.0 Å².